The predicted molar refractivity (Wildman–Crippen MR) is 98.6 cm³/mol. The number of nitrogens with zero attached hydrogens (tertiary/aromatic N) is 3. The minimum absolute atomic E-state index is 0.0780. The van der Waals surface area contributed by atoms with Crippen molar-refractivity contribution in [2.45, 2.75) is 11.4 Å². The lowest BCUT2D eigenvalue weighted by Gasteiger charge is -2.34. The standard InChI is InChI=1S/C17H18ClN3O4S/c18-15-3-1-14(2-4-15)13-19-9-11-20(12-10-19)26(24,25)17-7-5-16(6-8-17)21(22)23/h1-8H,9-13H2. The molecule has 0 aliphatic carbocycles. The maximum atomic E-state index is 12.7. The average Bonchev–Trinajstić information content (AvgIpc) is 2.64. The summed E-state index contributed by atoms with van der Waals surface area (Å²) in [5, 5.41) is 11.4. The Balaban J connectivity index is 1.62. The molecular weight excluding hydrogens is 378 g/mol. The van der Waals surface area contributed by atoms with Crippen LogP contribution in [-0.4, -0.2) is 48.7 Å². The lowest BCUT2D eigenvalue weighted by Crippen LogP contribution is -2.48. The van der Waals surface area contributed by atoms with Crippen molar-refractivity contribution in [3.05, 3.63) is 69.2 Å². The zero-order valence-corrected chi connectivity index (χ0v) is 15.5. The molecule has 2 aromatic carbocycles. The number of halogens is 1. The summed E-state index contributed by atoms with van der Waals surface area (Å²) in [5.74, 6) is 0. The van der Waals surface area contributed by atoms with Crippen molar-refractivity contribution >= 4 is 27.3 Å². The first-order chi connectivity index (χ1) is 12.4. The van der Waals surface area contributed by atoms with Gasteiger partial charge in [-0.15, -0.1) is 0 Å². The van der Waals surface area contributed by atoms with Crippen molar-refractivity contribution in [1.82, 2.24) is 9.21 Å². The molecule has 1 saturated heterocycles. The van der Waals surface area contributed by atoms with E-state index in [0.717, 1.165) is 12.1 Å². The van der Waals surface area contributed by atoms with Gasteiger partial charge in [0.2, 0.25) is 10.0 Å². The number of nitro groups is 1. The molecule has 0 unspecified atom stereocenters. The van der Waals surface area contributed by atoms with Gasteiger partial charge in [0.1, 0.15) is 0 Å². The third-order valence-electron chi connectivity index (χ3n) is 4.34. The van der Waals surface area contributed by atoms with E-state index in [-0.39, 0.29) is 10.6 Å². The molecule has 0 N–H and O–H groups in total. The fraction of sp³-hybridized carbons (Fsp3) is 0.294. The minimum atomic E-state index is -3.64. The maximum Gasteiger partial charge on any atom is 0.269 e. The van der Waals surface area contributed by atoms with E-state index in [4.69, 9.17) is 11.6 Å². The Morgan fingerprint density at radius 1 is 0.962 bits per heavy atom. The zero-order valence-electron chi connectivity index (χ0n) is 13.9. The van der Waals surface area contributed by atoms with Crippen LogP contribution in [0.5, 0.6) is 0 Å². The minimum Gasteiger partial charge on any atom is -0.296 e. The van der Waals surface area contributed by atoms with E-state index < -0.39 is 14.9 Å². The second-order valence-corrected chi connectivity index (χ2v) is 8.43. The van der Waals surface area contributed by atoms with E-state index in [1.807, 2.05) is 24.3 Å². The van der Waals surface area contributed by atoms with E-state index in [0.29, 0.717) is 31.2 Å². The Bertz CT molecular complexity index is 877. The Labute approximate surface area is 157 Å². The number of sulfonamides is 1. The fourth-order valence-corrected chi connectivity index (χ4v) is 4.41. The van der Waals surface area contributed by atoms with Gasteiger partial charge >= 0.3 is 0 Å². The van der Waals surface area contributed by atoms with Gasteiger partial charge in [-0.05, 0) is 29.8 Å². The molecule has 0 spiro atoms. The average molecular weight is 396 g/mol. The van der Waals surface area contributed by atoms with Crippen LogP contribution in [0.1, 0.15) is 5.56 Å². The van der Waals surface area contributed by atoms with Crippen LogP contribution in [0.4, 0.5) is 5.69 Å². The van der Waals surface area contributed by atoms with E-state index in [9.17, 15) is 18.5 Å². The summed E-state index contributed by atoms with van der Waals surface area (Å²) in [6, 6.07) is 12.6. The highest BCUT2D eigenvalue weighted by molar-refractivity contribution is 7.89. The molecule has 138 valence electrons. The molecule has 2 aromatic rings. The maximum absolute atomic E-state index is 12.7. The number of hydrogen-bond acceptors (Lipinski definition) is 5. The van der Waals surface area contributed by atoms with Crippen molar-refractivity contribution in [3.8, 4) is 0 Å². The van der Waals surface area contributed by atoms with Crippen molar-refractivity contribution in [2.24, 2.45) is 0 Å². The normalized spacial score (nSPS) is 16.5. The van der Waals surface area contributed by atoms with Crippen LogP contribution < -0.4 is 0 Å². The molecule has 0 aromatic heterocycles. The third kappa shape index (κ3) is 4.21. The molecular formula is C17H18ClN3O4S. The highest BCUT2D eigenvalue weighted by Gasteiger charge is 2.28. The van der Waals surface area contributed by atoms with Gasteiger partial charge in [0.15, 0.2) is 0 Å². The number of piperazine rings is 1. The number of rotatable bonds is 5. The Kier molecular flexibility index (Phi) is 5.57. The molecule has 0 radical (unpaired) electrons. The molecule has 0 atom stereocenters. The number of hydrogen-bond donors (Lipinski definition) is 0. The highest BCUT2D eigenvalue weighted by Crippen LogP contribution is 2.21. The van der Waals surface area contributed by atoms with Crippen LogP contribution in [0.25, 0.3) is 0 Å². The molecule has 26 heavy (non-hydrogen) atoms. The lowest BCUT2D eigenvalue weighted by atomic mass is 10.2. The zero-order chi connectivity index (χ0) is 18.7. The Hall–Kier alpha value is -2.00. The smallest absolute Gasteiger partial charge is 0.269 e. The van der Waals surface area contributed by atoms with Crippen LogP contribution in [-0.2, 0) is 16.6 Å². The summed E-state index contributed by atoms with van der Waals surface area (Å²) < 4.78 is 26.8. The largest absolute Gasteiger partial charge is 0.296 e. The molecule has 1 aliphatic rings. The quantitative estimate of drug-likeness (QED) is 0.574. The molecule has 0 amide bonds. The monoisotopic (exact) mass is 395 g/mol. The van der Waals surface area contributed by atoms with E-state index in [1.54, 1.807) is 0 Å². The first-order valence-electron chi connectivity index (χ1n) is 8.08. The topological polar surface area (TPSA) is 83.8 Å². The third-order valence-corrected chi connectivity index (χ3v) is 6.50. The van der Waals surface area contributed by atoms with Gasteiger partial charge in [-0.3, -0.25) is 15.0 Å². The van der Waals surface area contributed by atoms with Gasteiger partial charge in [0.25, 0.3) is 5.69 Å². The summed E-state index contributed by atoms with van der Waals surface area (Å²) in [5.41, 5.74) is 0.998. The summed E-state index contributed by atoms with van der Waals surface area (Å²) in [4.78, 5) is 12.4. The molecule has 0 saturated carbocycles. The van der Waals surface area contributed by atoms with E-state index >= 15 is 0 Å². The van der Waals surface area contributed by atoms with Gasteiger partial charge in [-0.1, -0.05) is 23.7 Å². The van der Waals surface area contributed by atoms with Gasteiger partial charge in [0, 0.05) is 49.9 Å². The van der Waals surface area contributed by atoms with Gasteiger partial charge in [-0.25, -0.2) is 8.42 Å². The molecule has 1 heterocycles. The lowest BCUT2D eigenvalue weighted by molar-refractivity contribution is -0.384. The van der Waals surface area contributed by atoms with Crippen LogP contribution >= 0.6 is 11.6 Å². The van der Waals surface area contributed by atoms with Crippen molar-refractivity contribution < 1.29 is 13.3 Å². The molecule has 0 bridgehead atoms. The number of non-ortho nitro benzene ring substituents is 1. The fourth-order valence-electron chi connectivity index (χ4n) is 2.86. The SMILES string of the molecule is O=[N+]([O-])c1ccc(S(=O)(=O)N2CCN(Cc3ccc(Cl)cc3)CC2)cc1. The molecule has 7 nitrogen and oxygen atoms in total. The molecule has 3 rings (SSSR count). The van der Waals surface area contributed by atoms with Gasteiger partial charge in [0.05, 0.1) is 9.82 Å². The summed E-state index contributed by atoms with van der Waals surface area (Å²) in [6.07, 6.45) is 0. The first kappa shape index (κ1) is 18.8. The molecule has 1 fully saturated rings. The van der Waals surface area contributed by atoms with Gasteiger partial charge < -0.3 is 0 Å². The van der Waals surface area contributed by atoms with Crippen molar-refractivity contribution in [3.63, 3.8) is 0 Å². The highest BCUT2D eigenvalue weighted by atomic mass is 35.5. The molecule has 1 aliphatic heterocycles. The van der Waals surface area contributed by atoms with Crippen LogP contribution in [0.2, 0.25) is 5.02 Å². The second-order valence-electron chi connectivity index (χ2n) is 6.06. The number of benzene rings is 2. The van der Waals surface area contributed by atoms with Crippen LogP contribution in [0.15, 0.2) is 53.4 Å². The van der Waals surface area contributed by atoms with Crippen molar-refractivity contribution in [2.75, 3.05) is 26.2 Å². The summed E-state index contributed by atoms with van der Waals surface area (Å²) in [7, 11) is -3.64. The van der Waals surface area contributed by atoms with Gasteiger partial charge in [-0.2, -0.15) is 4.31 Å². The molecule has 9 heteroatoms. The Morgan fingerprint density at radius 3 is 2.08 bits per heavy atom. The first-order valence-corrected chi connectivity index (χ1v) is 9.89. The van der Waals surface area contributed by atoms with Crippen molar-refractivity contribution in [1.29, 1.82) is 0 Å². The summed E-state index contributed by atoms with van der Waals surface area (Å²) >= 11 is 5.88. The van der Waals surface area contributed by atoms with Crippen LogP contribution in [0.3, 0.4) is 0 Å². The predicted octanol–water partition coefficient (Wildman–Crippen LogP) is 2.75. The second kappa shape index (κ2) is 7.71. The number of nitro benzene ring substituents is 1. The van der Waals surface area contributed by atoms with Crippen LogP contribution in [0, 0.1) is 10.1 Å². The van der Waals surface area contributed by atoms with E-state index in [1.165, 1.54) is 28.6 Å². The summed E-state index contributed by atoms with van der Waals surface area (Å²) in [6.45, 7) is 2.74. The Morgan fingerprint density at radius 2 is 1.54 bits per heavy atom. The van der Waals surface area contributed by atoms with E-state index in [2.05, 4.69) is 4.90 Å².